The van der Waals surface area contributed by atoms with E-state index in [0.717, 1.165) is 40.4 Å². The van der Waals surface area contributed by atoms with Crippen LogP contribution in [0.15, 0.2) is 30.5 Å². The van der Waals surface area contributed by atoms with Gasteiger partial charge in [-0.2, -0.15) is 0 Å². The molecular formula is C20H17FN4OS2. The topological polar surface area (TPSA) is 59.3 Å². The van der Waals surface area contributed by atoms with Crippen molar-refractivity contribution in [3.05, 3.63) is 57.4 Å². The van der Waals surface area contributed by atoms with Crippen molar-refractivity contribution in [1.29, 1.82) is 0 Å². The van der Waals surface area contributed by atoms with E-state index in [4.69, 9.17) is 0 Å². The van der Waals surface area contributed by atoms with Crippen molar-refractivity contribution >= 4 is 38.7 Å². The molecule has 1 N–H and O–H groups in total. The van der Waals surface area contributed by atoms with Crippen LogP contribution in [0.3, 0.4) is 0 Å². The van der Waals surface area contributed by atoms with Gasteiger partial charge in [0.15, 0.2) is 10.1 Å². The number of nitrogens with zero attached hydrogens (tertiary/aromatic N) is 3. The van der Waals surface area contributed by atoms with Crippen LogP contribution in [-0.4, -0.2) is 20.3 Å². The minimum Gasteiger partial charge on any atom is -0.297 e. The predicted octanol–water partition coefficient (Wildman–Crippen LogP) is 5.10. The smallest absolute Gasteiger partial charge is 0.269 e. The molecule has 0 saturated carbocycles. The Hall–Kier alpha value is -2.58. The minimum absolute atomic E-state index is 0.151. The fraction of sp³-hybridized carbons (Fsp3) is 0.250. The van der Waals surface area contributed by atoms with E-state index < -0.39 is 0 Å². The van der Waals surface area contributed by atoms with E-state index in [1.165, 1.54) is 41.2 Å². The summed E-state index contributed by atoms with van der Waals surface area (Å²) in [4.78, 5) is 24.6. The van der Waals surface area contributed by atoms with Crippen LogP contribution in [0, 0.1) is 12.7 Å². The Bertz CT molecular complexity index is 1170. The normalized spacial score (nSPS) is 13.6. The summed E-state index contributed by atoms with van der Waals surface area (Å²) in [6, 6.07) is 6.24. The molecule has 1 aromatic carbocycles. The fourth-order valence-corrected chi connectivity index (χ4v) is 5.53. The Morgan fingerprint density at radius 3 is 2.68 bits per heavy atom. The quantitative estimate of drug-likeness (QED) is 0.509. The molecule has 0 radical (unpaired) electrons. The standard InChI is InChI=1S/C20H17FN4OS2/c1-11-17(18(26)24-19-22-14-4-2-3-5-16(14)27-19)28-20-23-15(10-25(11)20)12-6-8-13(21)9-7-12/h6-10H,2-5H2,1H3,(H,22,24,26). The van der Waals surface area contributed by atoms with Crippen LogP contribution in [0.1, 0.15) is 38.8 Å². The second kappa shape index (κ2) is 6.79. The molecule has 28 heavy (non-hydrogen) atoms. The first kappa shape index (κ1) is 17.5. The number of anilines is 1. The minimum atomic E-state index is -0.274. The third kappa shape index (κ3) is 3.02. The number of thiazole rings is 2. The zero-order valence-electron chi connectivity index (χ0n) is 15.2. The van der Waals surface area contributed by atoms with E-state index in [1.54, 1.807) is 23.5 Å². The van der Waals surface area contributed by atoms with Gasteiger partial charge in [-0.05, 0) is 56.9 Å². The second-order valence-corrected chi connectivity index (χ2v) is 8.91. The van der Waals surface area contributed by atoms with E-state index in [9.17, 15) is 9.18 Å². The molecule has 142 valence electrons. The third-order valence-corrected chi connectivity index (χ3v) is 7.20. The molecule has 4 aromatic rings. The number of aromatic nitrogens is 3. The lowest BCUT2D eigenvalue weighted by Gasteiger charge is -2.06. The number of hydrogen-bond acceptors (Lipinski definition) is 5. The Labute approximate surface area is 168 Å². The van der Waals surface area contributed by atoms with Gasteiger partial charge in [0.05, 0.1) is 11.4 Å². The third-order valence-electron chi connectivity index (χ3n) is 4.97. The molecule has 0 aliphatic heterocycles. The number of carbonyl (C=O) groups is 1. The maximum Gasteiger partial charge on any atom is 0.269 e. The molecule has 5 nitrogen and oxygen atoms in total. The average Bonchev–Trinajstić information content (AvgIpc) is 3.36. The highest BCUT2D eigenvalue weighted by Crippen LogP contribution is 2.31. The highest BCUT2D eigenvalue weighted by Gasteiger charge is 2.21. The van der Waals surface area contributed by atoms with Crippen LogP contribution < -0.4 is 5.32 Å². The summed E-state index contributed by atoms with van der Waals surface area (Å²) in [5.41, 5.74) is 3.57. The molecule has 0 spiro atoms. The zero-order valence-corrected chi connectivity index (χ0v) is 16.8. The molecule has 5 rings (SSSR count). The number of nitrogens with one attached hydrogen (secondary N) is 1. The lowest BCUT2D eigenvalue weighted by Crippen LogP contribution is -2.11. The Morgan fingerprint density at radius 2 is 1.93 bits per heavy atom. The molecule has 1 amide bonds. The van der Waals surface area contributed by atoms with Crippen LogP contribution in [0.4, 0.5) is 9.52 Å². The number of hydrogen-bond donors (Lipinski definition) is 1. The highest BCUT2D eigenvalue weighted by molar-refractivity contribution is 7.19. The fourth-order valence-electron chi connectivity index (χ4n) is 3.48. The molecule has 1 aliphatic rings. The van der Waals surface area contributed by atoms with Crippen molar-refractivity contribution in [2.45, 2.75) is 32.6 Å². The van der Waals surface area contributed by atoms with Gasteiger partial charge in [0.1, 0.15) is 10.7 Å². The number of fused-ring (bicyclic) bond motifs is 2. The summed E-state index contributed by atoms with van der Waals surface area (Å²) in [7, 11) is 0. The molecule has 1 aliphatic carbocycles. The SMILES string of the molecule is Cc1c(C(=O)Nc2nc3c(s2)CCCC3)sc2nc(-c3ccc(F)cc3)cn12. The van der Waals surface area contributed by atoms with E-state index >= 15 is 0 Å². The largest absolute Gasteiger partial charge is 0.297 e. The van der Waals surface area contributed by atoms with Gasteiger partial charge in [0.25, 0.3) is 5.91 Å². The van der Waals surface area contributed by atoms with Crippen molar-refractivity contribution in [1.82, 2.24) is 14.4 Å². The summed E-state index contributed by atoms with van der Waals surface area (Å²) in [5, 5.41) is 3.63. The van der Waals surface area contributed by atoms with E-state index in [0.29, 0.717) is 10.0 Å². The average molecular weight is 413 g/mol. The molecule has 3 heterocycles. The molecule has 8 heteroatoms. The molecule has 3 aromatic heterocycles. The van der Waals surface area contributed by atoms with E-state index in [2.05, 4.69) is 15.3 Å². The van der Waals surface area contributed by atoms with Crippen LogP contribution >= 0.6 is 22.7 Å². The van der Waals surface area contributed by atoms with Crippen LogP contribution in [0.2, 0.25) is 0 Å². The lowest BCUT2D eigenvalue weighted by atomic mass is 10.0. The van der Waals surface area contributed by atoms with Crippen molar-refractivity contribution in [2.75, 3.05) is 5.32 Å². The number of imidazole rings is 1. The first-order valence-electron chi connectivity index (χ1n) is 9.13. The van der Waals surface area contributed by atoms with Crippen molar-refractivity contribution in [3.63, 3.8) is 0 Å². The summed E-state index contributed by atoms with van der Waals surface area (Å²) in [6.45, 7) is 1.90. The van der Waals surface area contributed by atoms with Gasteiger partial charge in [-0.3, -0.25) is 14.5 Å². The first-order chi connectivity index (χ1) is 13.6. The second-order valence-electron chi connectivity index (χ2n) is 6.85. The van der Waals surface area contributed by atoms with E-state index in [1.807, 2.05) is 17.5 Å². The maximum atomic E-state index is 13.1. The van der Waals surface area contributed by atoms with Crippen molar-refractivity contribution in [2.24, 2.45) is 0 Å². The van der Waals surface area contributed by atoms with Gasteiger partial charge < -0.3 is 0 Å². The first-order valence-corrected chi connectivity index (χ1v) is 10.8. The lowest BCUT2D eigenvalue weighted by molar-refractivity contribution is 0.102. The van der Waals surface area contributed by atoms with Crippen molar-refractivity contribution < 1.29 is 9.18 Å². The number of benzene rings is 1. The Kier molecular flexibility index (Phi) is 4.25. The number of rotatable bonds is 3. The number of halogens is 1. The van der Waals surface area contributed by atoms with Gasteiger partial charge in [-0.25, -0.2) is 14.4 Å². The Balaban J connectivity index is 1.42. The predicted molar refractivity (Wildman–Crippen MR) is 110 cm³/mol. The molecule has 0 saturated heterocycles. The highest BCUT2D eigenvalue weighted by atomic mass is 32.1. The number of aryl methyl sites for hydroxylation is 3. The summed E-state index contributed by atoms with van der Waals surface area (Å²) >= 11 is 2.93. The monoisotopic (exact) mass is 412 g/mol. The molecule has 0 bridgehead atoms. The van der Waals surface area contributed by atoms with Crippen molar-refractivity contribution in [3.8, 4) is 11.3 Å². The molecule has 0 fully saturated rings. The molecule has 0 unspecified atom stereocenters. The van der Waals surface area contributed by atoms with Gasteiger partial charge in [-0.15, -0.1) is 11.3 Å². The van der Waals surface area contributed by atoms with Crippen LogP contribution in [-0.2, 0) is 12.8 Å². The number of carbonyl (C=O) groups excluding carboxylic acids is 1. The van der Waals surface area contributed by atoms with Gasteiger partial charge >= 0.3 is 0 Å². The zero-order chi connectivity index (χ0) is 19.3. The summed E-state index contributed by atoms with van der Waals surface area (Å²) < 4.78 is 15.0. The molecular weight excluding hydrogens is 395 g/mol. The summed E-state index contributed by atoms with van der Waals surface area (Å²) in [6.07, 6.45) is 6.30. The van der Waals surface area contributed by atoms with Gasteiger partial charge in [-0.1, -0.05) is 11.3 Å². The number of amides is 1. The van der Waals surface area contributed by atoms with Gasteiger partial charge in [0.2, 0.25) is 0 Å². The summed E-state index contributed by atoms with van der Waals surface area (Å²) in [5.74, 6) is -0.425. The van der Waals surface area contributed by atoms with E-state index in [-0.39, 0.29) is 11.7 Å². The Morgan fingerprint density at radius 1 is 1.14 bits per heavy atom. The van der Waals surface area contributed by atoms with Crippen LogP contribution in [0.25, 0.3) is 16.2 Å². The van der Waals surface area contributed by atoms with Gasteiger partial charge in [0, 0.05) is 22.3 Å². The van der Waals surface area contributed by atoms with Crippen LogP contribution in [0.5, 0.6) is 0 Å². The maximum absolute atomic E-state index is 13.1. The molecule has 0 atom stereocenters.